The summed E-state index contributed by atoms with van der Waals surface area (Å²) in [5, 5.41) is 12.2. The molecule has 1 aromatic rings. The van der Waals surface area contributed by atoms with Crippen molar-refractivity contribution in [3.8, 4) is 11.8 Å². The second-order valence-electron chi connectivity index (χ2n) is 6.98. The first kappa shape index (κ1) is 19.1. The summed E-state index contributed by atoms with van der Waals surface area (Å²) in [6.07, 6.45) is 0. The second-order valence-corrected chi connectivity index (χ2v) is 6.98. The van der Waals surface area contributed by atoms with Crippen LogP contribution in [0.25, 0.3) is 0 Å². The van der Waals surface area contributed by atoms with Crippen molar-refractivity contribution in [2.24, 2.45) is 5.92 Å². The van der Waals surface area contributed by atoms with Crippen molar-refractivity contribution in [2.75, 3.05) is 44.7 Å². The maximum atomic E-state index is 12.3. The molecule has 6 heteroatoms. The number of hydrogen-bond donors (Lipinski definition) is 1. The summed E-state index contributed by atoms with van der Waals surface area (Å²) in [5.41, 5.74) is 0.319. The Morgan fingerprint density at radius 2 is 2.04 bits per heavy atom. The molecule has 0 aromatic heterocycles. The van der Waals surface area contributed by atoms with Crippen LogP contribution in [0.15, 0.2) is 24.3 Å². The molecule has 0 bridgehead atoms. The molecule has 1 aliphatic rings. The average molecular weight is 344 g/mol. The highest BCUT2D eigenvalue weighted by Crippen LogP contribution is 2.22. The Balaban J connectivity index is 1.86. The van der Waals surface area contributed by atoms with E-state index in [0.29, 0.717) is 6.54 Å². The first-order chi connectivity index (χ1) is 11.9. The Kier molecular flexibility index (Phi) is 6.27. The SMILES string of the molecule is COc1cccc(N2CCN(CC(=O)N[C@@](C)(C#N)C(C)C)CC2)c1. The molecule has 25 heavy (non-hydrogen) atoms. The average Bonchev–Trinajstić information content (AvgIpc) is 2.62. The van der Waals surface area contributed by atoms with E-state index in [0.717, 1.165) is 37.6 Å². The van der Waals surface area contributed by atoms with Gasteiger partial charge in [-0.05, 0) is 25.0 Å². The molecule has 1 aromatic carbocycles. The number of carbonyl (C=O) groups is 1. The number of piperazine rings is 1. The monoisotopic (exact) mass is 344 g/mol. The Labute approximate surface area is 150 Å². The third-order valence-electron chi connectivity index (χ3n) is 4.94. The predicted molar refractivity (Wildman–Crippen MR) is 98.6 cm³/mol. The number of rotatable bonds is 6. The highest BCUT2D eigenvalue weighted by atomic mass is 16.5. The third kappa shape index (κ3) is 4.86. The first-order valence-corrected chi connectivity index (χ1v) is 8.71. The number of nitriles is 1. The van der Waals surface area contributed by atoms with Crippen LogP contribution in [0.3, 0.4) is 0 Å². The molecule has 0 saturated carbocycles. The van der Waals surface area contributed by atoms with Crippen molar-refractivity contribution in [2.45, 2.75) is 26.3 Å². The van der Waals surface area contributed by atoms with Crippen molar-refractivity contribution >= 4 is 11.6 Å². The number of benzene rings is 1. The number of ether oxygens (including phenoxy) is 1. The first-order valence-electron chi connectivity index (χ1n) is 8.71. The minimum Gasteiger partial charge on any atom is -0.497 e. The minimum absolute atomic E-state index is 0.0614. The molecule has 0 aliphatic carbocycles. The number of amides is 1. The fourth-order valence-electron chi connectivity index (χ4n) is 2.80. The molecule has 136 valence electrons. The molecule has 6 nitrogen and oxygen atoms in total. The zero-order chi connectivity index (χ0) is 18.4. The molecule has 1 atom stereocenters. The summed E-state index contributed by atoms with van der Waals surface area (Å²) in [7, 11) is 1.67. The zero-order valence-electron chi connectivity index (χ0n) is 15.6. The molecule has 2 rings (SSSR count). The fourth-order valence-corrected chi connectivity index (χ4v) is 2.80. The van der Waals surface area contributed by atoms with Gasteiger partial charge in [-0.3, -0.25) is 9.69 Å². The number of nitrogens with zero attached hydrogens (tertiary/aromatic N) is 3. The minimum atomic E-state index is -0.820. The van der Waals surface area contributed by atoms with Crippen molar-refractivity contribution < 1.29 is 9.53 Å². The van der Waals surface area contributed by atoms with Gasteiger partial charge in [-0.2, -0.15) is 5.26 Å². The van der Waals surface area contributed by atoms with Gasteiger partial charge < -0.3 is 15.0 Å². The number of carbonyl (C=O) groups excluding carboxylic acids is 1. The van der Waals surface area contributed by atoms with Crippen LogP contribution >= 0.6 is 0 Å². The highest BCUT2D eigenvalue weighted by molar-refractivity contribution is 5.79. The van der Waals surface area contributed by atoms with Crippen molar-refractivity contribution in [1.29, 1.82) is 5.26 Å². The lowest BCUT2D eigenvalue weighted by molar-refractivity contribution is -0.124. The van der Waals surface area contributed by atoms with E-state index in [9.17, 15) is 10.1 Å². The summed E-state index contributed by atoms with van der Waals surface area (Å²) in [6.45, 7) is 9.34. The van der Waals surface area contributed by atoms with E-state index in [2.05, 4.69) is 27.3 Å². The molecule has 1 aliphatic heterocycles. The van der Waals surface area contributed by atoms with Crippen molar-refractivity contribution in [3.63, 3.8) is 0 Å². The number of methoxy groups -OCH3 is 1. The normalized spacial score (nSPS) is 17.7. The molecule has 0 unspecified atom stereocenters. The Hall–Kier alpha value is -2.26. The van der Waals surface area contributed by atoms with E-state index in [1.165, 1.54) is 0 Å². The van der Waals surface area contributed by atoms with Gasteiger partial charge in [0.1, 0.15) is 11.3 Å². The van der Waals surface area contributed by atoms with E-state index in [-0.39, 0.29) is 11.8 Å². The smallest absolute Gasteiger partial charge is 0.235 e. The lowest BCUT2D eigenvalue weighted by Crippen LogP contribution is -2.54. The van der Waals surface area contributed by atoms with Gasteiger partial charge in [0.25, 0.3) is 0 Å². The quantitative estimate of drug-likeness (QED) is 0.853. The largest absolute Gasteiger partial charge is 0.497 e. The maximum Gasteiger partial charge on any atom is 0.235 e. The molecule has 1 saturated heterocycles. The van der Waals surface area contributed by atoms with E-state index in [1.54, 1.807) is 14.0 Å². The molecular formula is C19H28N4O2. The fraction of sp³-hybridized carbons (Fsp3) is 0.579. The van der Waals surface area contributed by atoms with Crippen molar-refractivity contribution in [3.05, 3.63) is 24.3 Å². The predicted octanol–water partition coefficient (Wildman–Crippen LogP) is 1.87. The third-order valence-corrected chi connectivity index (χ3v) is 4.94. The van der Waals surface area contributed by atoms with Crippen LogP contribution in [0.1, 0.15) is 20.8 Å². The molecule has 1 fully saturated rings. The van der Waals surface area contributed by atoms with Crippen LogP contribution in [0.2, 0.25) is 0 Å². The number of nitrogens with one attached hydrogen (secondary N) is 1. The highest BCUT2D eigenvalue weighted by Gasteiger charge is 2.30. The topological polar surface area (TPSA) is 68.6 Å². The summed E-state index contributed by atoms with van der Waals surface area (Å²) < 4.78 is 5.28. The molecule has 1 heterocycles. The Morgan fingerprint density at radius 3 is 2.60 bits per heavy atom. The van der Waals surface area contributed by atoms with Gasteiger partial charge in [-0.25, -0.2) is 0 Å². The Bertz CT molecular complexity index is 633. The van der Waals surface area contributed by atoms with E-state index >= 15 is 0 Å². The maximum absolute atomic E-state index is 12.3. The number of hydrogen-bond acceptors (Lipinski definition) is 5. The van der Waals surface area contributed by atoms with Crippen molar-refractivity contribution in [1.82, 2.24) is 10.2 Å². The van der Waals surface area contributed by atoms with E-state index < -0.39 is 5.54 Å². The van der Waals surface area contributed by atoms with Crippen LogP contribution < -0.4 is 15.0 Å². The zero-order valence-corrected chi connectivity index (χ0v) is 15.6. The van der Waals surface area contributed by atoms with Gasteiger partial charge in [-0.1, -0.05) is 19.9 Å². The van der Waals surface area contributed by atoms with E-state index in [1.807, 2.05) is 32.0 Å². The van der Waals surface area contributed by atoms with Crippen LogP contribution in [-0.4, -0.2) is 56.2 Å². The molecule has 1 N–H and O–H groups in total. The summed E-state index contributed by atoms with van der Waals surface area (Å²) in [5.74, 6) is 0.822. The summed E-state index contributed by atoms with van der Waals surface area (Å²) >= 11 is 0. The molecule has 0 radical (unpaired) electrons. The standard InChI is InChI=1S/C19H28N4O2/c1-15(2)19(3,14-20)21-18(24)13-22-8-10-23(11-9-22)16-6-5-7-17(12-16)25-4/h5-7,12,15H,8-11,13H2,1-4H3,(H,21,24)/t19-/m0/s1. The molecular weight excluding hydrogens is 316 g/mol. The van der Waals surface area contributed by atoms with Crippen LogP contribution in [0.5, 0.6) is 5.75 Å². The van der Waals surface area contributed by atoms with Crippen LogP contribution in [0, 0.1) is 17.2 Å². The van der Waals surface area contributed by atoms with Gasteiger partial charge in [0.15, 0.2) is 0 Å². The molecule has 0 spiro atoms. The second kappa shape index (κ2) is 8.21. The van der Waals surface area contributed by atoms with E-state index in [4.69, 9.17) is 4.74 Å². The summed E-state index contributed by atoms with van der Waals surface area (Å²) in [6, 6.07) is 10.2. The number of anilines is 1. The van der Waals surface area contributed by atoms with Gasteiger partial charge in [0, 0.05) is 37.9 Å². The lowest BCUT2D eigenvalue weighted by atomic mass is 9.90. The van der Waals surface area contributed by atoms with Gasteiger partial charge in [0.2, 0.25) is 5.91 Å². The van der Waals surface area contributed by atoms with Gasteiger partial charge >= 0.3 is 0 Å². The van der Waals surface area contributed by atoms with Crippen LogP contribution in [-0.2, 0) is 4.79 Å². The van der Waals surface area contributed by atoms with Gasteiger partial charge in [0.05, 0.1) is 19.7 Å². The lowest BCUT2D eigenvalue weighted by Gasteiger charge is -2.36. The van der Waals surface area contributed by atoms with Gasteiger partial charge in [-0.15, -0.1) is 0 Å². The molecule has 1 amide bonds. The van der Waals surface area contributed by atoms with Crippen LogP contribution in [0.4, 0.5) is 5.69 Å². The Morgan fingerprint density at radius 1 is 1.36 bits per heavy atom. The summed E-state index contributed by atoms with van der Waals surface area (Å²) in [4.78, 5) is 16.7.